The lowest BCUT2D eigenvalue weighted by Crippen LogP contribution is -2.47. The zero-order chi connectivity index (χ0) is 19.6. The maximum atomic E-state index is 12.4. The second-order valence-electron chi connectivity index (χ2n) is 6.35. The number of carbonyl (C=O) groups is 3. The van der Waals surface area contributed by atoms with Gasteiger partial charge in [-0.05, 0) is 30.5 Å². The molecule has 1 aromatic carbocycles. The number of nitrogens with one attached hydrogen (secondary N) is 1. The molecule has 0 bridgehead atoms. The molecule has 7 nitrogen and oxygen atoms in total. The number of carboxylic acid groups (broad SMARTS) is 1. The SMILES string of the molecule is CCCCC(=O)N1CSCC1C(=O)NCCc1ccc(OCC(=O)O)cc1. The van der Waals surface area contributed by atoms with Gasteiger partial charge >= 0.3 is 5.97 Å². The Morgan fingerprint density at radius 2 is 2.04 bits per heavy atom. The topological polar surface area (TPSA) is 95.9 Å². The summed E-state index contributed by atoms with van der Waals surface area (Å²) in [7, 11) is 0. The van der Waals surface area contributed by atoms with Gasteiger partial charge < -0.3 is 20.1 Å². The molecule has 27 heavy (non-hydrogen) atoms. The third-order valence-corrected chi connectivity index (χ3v) is 5.26. The van der Waals surface area contributed by atoms with Gasteiger partial charge in [-0.2, -0.15) is 0 Å². The summed E-state index contributed by atoms with van der Waals surface area (Å²) in [4.78, 5) is 36.8. The summed E-state index contributed by atoms with van der Waals surface area (Å²) in [6.07, 6.45) is 2.95. The average Bonchev–Trinajstić information content (AvgIpc) is 3.15. The quantitative estimate of drug-likeness (QED) is 0.629. The highest BCUT2D eigenvalue weighted by atomic mass is 32.2. The molecule has 2 N–H and O–H groups in total. The zero-order valence-corrected chi connectivity index (χ0v) is 16.3. The Morgan fingerprint density at radius 3 is 2.70 bits per heavy atom. The summed E-state index contributed by atoms with van der Waals surface area (Å²) in [5.41, 5.74) is 1.01. The molecule has 0 radical (unpaired) electrons. The molecular weight excluding hydrogens is 368 g/mol. The molecule has 1 atom stereocenters. The van der Waals surface area contributed by atoms with Gasteiger partial charge in [-0.3, -0.25) is 9.59 Å². The van der Waals surface area contributed by atoms with Gasteiger partial charge in [0.25, 0.3) is 0 Å². The van der Waals surface area contributed by atoms with E-state index in [0.29, 0.717) is 36.8 Å². The molecule has 1 unspecified atom stereocenters. The van der Waals surface area contributed by atoms with Crippen LogP contribution in [0, 0.1) is 0 Å². The van der Waals surface area contributed by atoms with E-state index in [1.165, 1.54) is 0 Å². The molecule has 8 heteroatoms. The number of ether oxygens (including phenoxy) is 1. The number of unbranched alkanes of at least 4 members (excludes halogenated alkanes) is 1. The molecule has 2 rings (SSSR count). The van der Waals surface area contributed by atoms with Crippen molar-refractivity contribution < 1.29 is 24.2 Å². The van der Waals surface area contributed by atoms with Crippen LogP contribution >= 0.6 is 11.8 Å². The van der Waals surface area contributed by atoms with Crippen molar-refractivity contribution in [3.8, 4) is 5.75 Å². The molecule has 1 saturated heterocycles. The largest absolute Gasteiger partial charge is 0.482 e. The van der Waals surface area contributed by atoms with Crippen LogP contribution < -0.4 is 10.1 Å². The van der Waals surface area contributed by atoms with Crippen LogP contribution in [-0.2, 0) is 20.8 Å². The molecule has 0 saturated carbocycles. The van der Waals surface area contributed by atoms with Crippen molar-refractivity contribution >= 4 is 29.5 Å². The standard InChI is InChI=1S/C19H26N2O5S/c1-2-3-4-17(22)21-13-27-12-16(21)19(25)20-10-9-14-5-7-15(8-6-14)26-11-18(23)24/h5-8,16H,2-4,9-13H2,1H3,(H,20,25)(H,23,24). The van der Waals surface area contributed by atoms with Gasteiger partial charge in [0.1, 0.15) is 11.8 Å². The van der Waals surface area contributed by atoms with Gasteiger partial charge in [0, 0.05) is 18.7 Å². The molecule has 0 aliphatic carbocycles. The fourth-order valence-corrected chi connectivity index (χ4v) is 3.90. The molecule has 1 aliphatic heterocycles. The smallest absolute Gasteiger partial charge is 0.341 e. The van der Waals surface area contributed by atoms with Crippen LogP contribution in [0.1, 0.15) is 31.7 Å². The predicted octanol–water partition coefficient (Wildman–Crippen LogP) is 1.90. The lowest BCUT2D eigenvalue weighted by Gasteiger charge is -2.23. The van der Waals surface area contributed by atoms with Crippen molar-refractivity contribution in [1.82, 2.24) is 10.2 Å². The molecule has 1 aromatic rings. The van der Waals surface area contributed by atoms with E-state index in [4.69, 9.17) is 9.84 Å². The number of hydrogen-bond acceptors (Lipinski definition) is 5. The van der Waals surface area contributed by atoms with E-state index < -0.39 is 5.97 Å². The first-order valence-corrected chi connectivity index (χ1v) is 10.2. The summed E-state index contributed by atoms with van der Waals surface area (Å²) in [6.45, 7) is 2.15. The summed E-state index contributed by atoms with van der Waals surface area (Å²) in [5.74, 6) is 0.645. The average molecular weight is 394 g/mol. The summed E-state index contributed by atoms with van der Waals surface area (Å²) in [6, 6.07) is 6.72. The Kier molecular flexibility index (Phi) is 8.44. The summed E-state index contributed by atoms with van der Waals surface area (Å²) >= 11 is 1.61. The molecular formula is C19H26N2O5S. The van der Waals surface area contributed by atoms with E-state index in [1.807, 2.05) is 19.1 Å². The van der Waals surface area contributed by atoms with E-state index >= 15 is 0 Å². The van der Waals surface area contributed by atoms with E-state index in [9.17, 15) is 14.4 Å². The minimum absolute atomic E-state index is 0.0546. The number of hydrogen-bond donors (Lipinski definition) is 2. The Balaban J connectivity index is 1.76. The van der Waals surface area contributed by atoms with Crippen LogP contribution in [0.25, 0.3) is 0 Å². The van der Waals surface area contributed by atoms with Crippen molar-refractivity contribution in [3.05, 3.63) is 29.8 Å². The van der Waals surface area contributed by atoms with Crippen molar-refractivity contribution in [2.24, 2.45) is 0 Å². The maximum Gasteiger partial charge on any atom is 0.341 e. The van der Waals surface area contributed by atoms with Gasteiger partial charge in [-0.1, -0.05) is 25.5 Å². The number of nitrogens with zero attached hydrogens (tertiary/aromatic N) is 1. The third kappa shape index (κ3) is 6.78. The first-order chi connectivity index (χ1) is 13.0. The van der Waals surface area contributed by atoms with Gasteiger partial charge in [-0.25, -0.2) is 4.79 Å². The summed E-state index contributed by atoms with van der Waals surface area (Å²) in [5, 5.41) is 11.5. The number of carboxylic acids is 1. The minimum Gasteiger partial charge on any atom is -0.482 e. The van der Waals surface area contributed by atoms with Gasteiger partial charge in [-0.15, -0.1) is 11.8 Å². The monoisotopic (exact) mass is 394 g/mol. The molecule has 1 heterocycles. The van der Waals surface area contributed by atoms with Crippen molar-refractivity contribution in [2.75, 3.05) is 24.8 Å². The van der Waals surface area contributed by atoms with Crippen molar-refractivity contribution in [3.63, 3.8) is 0 Å². The van der Waals surface area contributed by atoms with Crippen LogP contribution in [0.4, 0.5) is 0 Å². The van der Waals surface area contributed by atoms with Crippen LogP contribution in [0.2, 0.25) is 0 Å². The van der Waals surface area contributed by atoms with Crippen LogP contribution in [0.5, 0.6) is 5.75 Å². The highest BCUT2D eigenvalue weighted by molar-refractivity contribution is 7.99. The minimum atomic E-state index is -1.02. The summed E-state index contributed by atoms with van der Waals surface area (Å²) < 4.78 is 5.09. The lowest BCUT2D eigenvalue weighted by atomic mass is 10.1. The number of amides is 2. The molecule has 1 fully saturated rings. The highest BCUT2D eigenvalue weighted by Crippen LogP contribution is 2.22. The van der Waals surface area contributed by atoms with Gasteiger partial charge in [0.15, 0.2) is 6.61 Å². The Hall–Kier alpha value is -2.22. The normalized spacial score (nSPS) is 16.2. The van der Waals surface area contributed by atoms with E-state index in [1.54, 1.807) is 28.8 Å². The zero-order valence-electron chi connectivity index (χ0n) is 15.5. The van der Waals surface area contributed by atoms with Crippen molar-refractivity contribution in [2.45, 2.75) is 38.6 Å². The Morgan fingerprint density at radius 1 is 1.30 bits per heavy atom. The molecule has 1 aliphatic rings. The fourth-order valence-electron chi connectivity index (χ4n) is 2.72. The fraction of sp³-hybridized carbons (Fsp3) is 0.526. The molecule has 0 aromatic heterocycles. The number of aliphatic carboxylic acids is 1. The molecule has 2 amide bonds. The first-order valence-electron chi connectivity index (χ1n) is 9.09. The second-order valence-corrected chi connectivity index (χ2v) is 7.35. The van der Waals surface area contributed by atoms with Crippen molar-refractivity contribution in [1.29, 1.82) is 0 Å². The van der Waals surface area contributed by atoms with E-state index in [2.05, 4.69) is 5.32 Å². The lowest BCUT2D eigenvalue weighted by molar-refractivity contribution is -0.139. The molecule has 148 valence electrons. The van der Waals surface area contributed by atoms with E-state index in [-0.39, 0.29) is 24.5 Å². The van der Waals surface area contributed by atoms with Crippen LogP contribution in [0.3, 0.4) is 0 Å². The predicted molar refractivity (Wildman–Crippen MR) is 104 cm³/mol. The Bertz CT molecular complexity index is 650. The first kappa shape index (κ1) is 21.1. The molecule has 0 spiro atoms. The van der Waals surface area contributed by atoms with Crippen LogP contribution in [0.15, 0.2) is 24.3 Å². The number of thioether (sulfide) groups is 1. The van der Waals surface area contributed by atoms with Crippen LogP contribution in [-0.4, -0.2) is 58.6 Å². The Labute approximate surface area is 163 Å². The number of carbonyl (C=O) groups excluding carboxylic acids is 2. The van der Waals surface area contributed by atoms with Gasteiger partial charge in [0.2, 0.25) is 11.8 Å². The number of rotatable bonds is 10. The second kappa shape index (κ2) is 10.8. The highest BCUT2D eigenvalue weighted by Gasteiger charge is 2.33. The van der Waals surface area contributed by atoms with E-state index in [0.717, 1.165) is 18.4 Å². The number of benzene rings is 1. The third-order valence-electron chi connectivity index (χ3n) is 4.25. The van der Waals surface area contributed by atoms with Gasteiger partial charge in [0.05, 0.1) is 5.88 Å². The maximum absolute atomic E-state index is 12.4.